The third-order valence-electron chi connectivity index (χ3n) is 4.08. The normalized spacial score (nSPS) is 22.9. The molecule has 1 fully saturated rings. The van der Waals surface area contributed by atoms with Gasteiger partial charge in [-0.1, -0.05) is 24.3 Å². The molecule has 0 aromatic heterocycles. The molecule has 2 rings (SSSR count). The highest BCUT2D eigenvalue weighted by molar-refractivity contribution is 5.22. The maximum atomic E-state index is 6.03. The third-order valence-corrected chi connectivity index (χ3v) is 4.08. The molecule has 0 aliphatic heterocycles. The third kappa shape index (κ3) is 4.89. The summed E-state index contributed by atoms with van der Waals surface area (Å²) in [4.78, 5) is 0. The van der Waals surface area contributed by atoms with Crippen LogP contribution in [0.25, 0.3) is 0 Å². The molecule has 3 nitrogen and oxygen atoms in total. The Hall–Kier alpha value is -0.900. The fraction of sp³-hybridized carbons (Fsp3) is 0.647. The number of methoxy groups -OCH3 is 1. The number of benzene rings is 1. The van der Waals surface area contributed by atoms with E-state index in [1.165, 1.54) is 30.4 Å². The van der Waals surface area contributed by atoms with Crippen LogP contribution in [0.1, 0.15) is 36.8 Å². The Morgan fingerprint density at radius 1 is 1.10 bits per heavy atom. The topological polar surface area (TPSA) is 30.5 Å². The van der Waals surface area contributed by atoms with Crippen LogP contribution in [-0.4, -0.2) is 32.9 Å². The first-order valence-corrected chi connectivity index (χ1v) is 7.68. The lowest BCUT2D eigenvalue weighted by Gasteiger charge is -2.28. The van der Waals surface area contributed by atoms with E-state index in [9.17, 15) is 0 Å². The van der Waals surface area contributed by atoms with Gasteiger partial charge in [0.2, 0.25) is 0 Å². The minimum atomic E-state index is 0.359. The Morgan fingerprint density at radius 2 is 1.80 bits per heavy atom. The van der Waals surface area contributed by atoms with Crippen LogP contribution in [0, 0.1) is 0 Å². The summed E-state index contributed by atoms with van der Waals surface area (Å²) in [6.07, 6.45) is 6.42. The minimum Gasteiger partial charge on any atom is -0.381 e. The maximum absolute atomic E-state index is 6.03. The molecule has 2 atom stereocenters. The van der Waals surface area contributed by atoms with Gasteiger partial charge in [-0.15, -0.1) is 0 Å². The Labute approximate surface area is 122 Å². The fourth-order valence-electron chi connectivity index (χ4n) is 2.75. The van der Waals surface area contributed by atoms with Gasteiger partial charge in [0.15, 0.2) is 0 Å². The van der Waals surface area contributed by atoms with Crippen molar-refractivity contribution in [2.24, 2.45) is 0 Å². The molecule has 0 spiro atoms. The zero-order valence-electron chi connectivity index (χ0n) is 12.7. The molecule has 1 aliphatic rings. The van der Waals surface area contributed by atoms with Gasteiger partial charge in [0.25, 0.3) is 0 Å². The Morgan fingerprint density at radius 3 is 2.50 bits per heavy atom. The van der Waals surface area contributed by atoms with Crippen molar-refractivity contribution < 1.29 is 9.47 Å². The molecule has 0 heterocycles. The molecule has 1 N–H and O–H groups in total. The molecule has 0 saturated heterocycles. The van der Waals surface area contributed by atoms with Crippen LogP contribution >= 0.6 is 0 Å². The minimum absolute atomic E-state index is 0.359. The van der Waals surface area contributed by atoms with E-state index in [1.807, 2.05) is 7.05 Å². The second kappa shape index (κ2) is 8.40. The van der Waals surface area contributed by atoms with Crippen LogP contribution in [0.2, 0.25) is 0 Å². The van der Waals surface area contributed by atoms with Gasteiger partial charge in [-0.2, -0.15) is 0 Å². The molecule has 112 valence electrons. The molecule has 0 bridgehead atoms. The second-order valence-corrected chi connectivity index (χ2v) is 5.63. The highest BCUT2D eigenvalue weighted by Crippen LogP contribution is 2.23. The number of hydrogen-bond acceptors (Lipinski definition) is 3. The van der Waals surface area contributed by atoms with Gasteiger partial charge in [-0.3, -0.25) is 0 Å². The van der Waals surface area contributed by atoms with Crippen LogP contribution < -0.4 is 5.32 Å². The monoisotopic (exact) mass is 277 g/mol. The molecular formula is C17H27NO2. The van der Waals surface area contributed by atoms with E-state index >= 15 is 0 Å². The average molecular weight is 277 g/mol. The lowest BCUT2D eigenvalue weighted by Crippen LogP contribution is -2.27. The molecular weight excluding hydrogens is 250 g/mol. The smallest absolute Gasteiger partial charge is 0.0720 e. The summed E-state index contributed by atoms with van der Waals surface area (Å²) in [5.74, 6) is 0. The van der Waals surface area contributed by atoms with E-state index in [-0.39, 0.29) is 0 Å². The van der Waals surface area contributed by atoms with Crippen molar-refractivity contribution in [3.05, 3.63) is 35.4 Å². The first kappa shape index (κ1) is 15.5. The predicted molar refractivity (Wildman–Crippen MR) is 81.9 cm³/mol. The van der Waals surface area contributed by atoms with Crippen LogP contribution in [0.4, 0.5) is 0 Å². The first-order valence-electron chi connectivity index (χ1n) is 7.68. The zero-order valence-corrected chi connectivity index (χ0v) is 12.7. The molecule has 20 heavy (non-hydrogen) atoms. The summed E-state index contributed by atoms with van der Waals surface area (Å²) in [7, 11) is 3.79. The molecule has 1 aliphatic carbocycles. The van der Waals surface area contributed by atoms with Crippen LogP contribution in [0.15, 0.2) is 24.3 Å². The Kier molecular flexibility index (Phi) is 6.51. The van der Waals surface area contributed by atoms with E-state index in [1.54, 1.807) is 7.11 Å². The fourth-order valence-corrected chi connectivity index (χ4v) is 2.75. The highest BCUT2D eigenvalue weighted by atomic mass is 16.5. The number of rotatable bonds is 7. The molecule has 0 amide bonds. The largest absolute Gasteiger partial charge is 0.381 e. The number of ether oxygens (including phenoxy) is 2. The van der Waals surface area contributed by atoms with Gasteiger partial charge in [0.1, 0.15) is 0 Å². The van der Waals surface area contributed by atoms with Gasteiger partial charge in [-0.05, 0) is 56.8 Å². The van der Waals surface area contributed by atoms with Crippen LogP contribution in [0.3, 0.4) is 0 Å². The van der Waals surface area contributed by atoms with Gasteiger partial charge in [-0.25, -0.2) is 0 Å². The standard InChI is InChI=1S/C17H27NO2/c1-18-11-10-14-6-8-15(9-7-14)13-20-17-5-3-4-16(12-17)19-2/h6-9,16-18H,3-5,10-13H2,1-2H3. The van der Waals surface area contributed by atoms with Gasteiger partial charge in [0.05, 0.1) is 18.8 Å². The number of hydrogen-bond donors (Lipinski definition) is 1. The van der Waals surface area contributed by atoms with E-state index in [0.29, 0.717) is 18.8 Å². The molecule has 1 aromatic carbocycles. The lowest BCUT2D eigenvalue weighted by atomic mass is 9.95. The maximum Gasteiger partial charge on any atom is 0.0720 e. The summed E-state index contributed by atoms with van der Waals surface area (Å²) < 4.78 is 11.5. The van der Waals surface area contributed by atoms with Gasteiger partial charge in [0, 0.05) is 7.11 Å². The Bertz CT molecular complexity index is 377. The number of likely N-dealkylation sites (N-methyl/N-ethyl adjacent to an activating group) is 1. The number of nitrogens with one attached hydrogen (secondary N) is 1. The van der Waals surface area contributed by atoms with Crippen molar-refractivity contribution in [3.63, 3.8) is 0 Å². The molecule has 2 unspecified atom stereocenters. The van der Waals surface area contributed by atoms with Crippen molar-refractivity contribution in [3.8, 4) is 0 Å². The summed E-state index contributed by atoms with van der Waals surface area (Å²) >= 11 is 0. The molecule has 1 aromatic rings. The van der Waals surface area contributed by atoms with Crippen molar-refractivity contribution >= 4 is 0 Å². The van der Waals surface area contributed by atoms with Crippen molar-refractivity contribution in [1.29, 1.82) is 0 Å². The lowest BCUT2D eigenvalue weighted by molar-refractivity contribution is -0.0363. The van der Waals surface area contributed by atoms with Crippen molar-refractivity contribution in [2.75, 3.05) is 20.7 Å². The van der Waals surface area contributed by atoms with E-state index < -0.39 is 0 Å². The van der Waals surface area contributed by atoms with Crippen LogP contribution in [0.5, 0.6) is 0 Å². The Balaban J connectivity index is 1.75. The quantitative estimate of drug-likeness (QED) is 0.831. The SMILES string of the molecule is CNCCc1ccc(COC2CCCC(OC)C2)cc1. The van der Waals surface area contributed by atoms with Crippen molar-refractivity contribution in [1.82, 2.24) is 5.32 Å². The first-order chi connectivity index (χ1) is 9.81. The summed E-state index contributed by atoms with van der Waals surface area (Å²) in [6.45, 7) is 1.74. The summed E-state index contributed by atoms with van der Waals surface area (Å²) in [6, 6.07) is 8.77. The van der Waals surface area contributed by atoms with E-state index in [0.717, 1.165) is 19.4 Å². The average Bonchev–Trinajstić information content (AvgIpc) is 2.52. The predicted octanol–water partition coefficient (Wildman–Crippen LogP) is 2.92. The van der Waals surface area contributed by atoms with Gasteiger partial charge >= 0.3 is 0 Å². The molecule has 0 radical (unpaired) electrons. The molecule has 3 heteroatoms. The summed E-state index contributed by atoms with van der Waals surface area (Å²) in [5, 5.41) is 3.17. The summed E-state index contributed by atoms with van der Waals surface area (Å²) in [5.41, 5.74) is 2.64. The molecule has 1 saturated carbocycles. The van der Waals surface area contributed by atoms with Crippen LogP contribution in [-0.2, 0) is 22.5 Å². The van der Waals surface area contributed by atoms with Crippen molar-refractivity contribution in [2.45, 2.75) is 50.9 Å². The second-order valence-electron chi connectivity index (χ2n) is 5.63. The zero-order chi connectivity index (χ0) is 14.2. The van der Waals surface area contributed by atoms with E-state index in [2.05, 4.69) is 29.6 Å². The van der Waals surface area contributed by atoms with E-state index in [4.69, 9.17) is 9.47 Å². The van der Waals surface area contributed by atoms with Gasteiger partial charge < -0.3 is 14.8 Å². The highest BCUT2D eigenvalue weighted by Gasteiger charge is 2.21.